The van der Waals surface area contributed by atoms with Gasteiger partial charge in [0.05, 0.1) is 0 Å². The number of amides is 1. The summed E-state index contributed by atoms with van der Waals surface area (Å²) in [6, 6.07) is 11.7. The van der Waals surface area contributed by atoms with E-state index in [-0.39, 0.29) is 23.1 Å². The highest BCUT2D eigenvalue weighted by molar-refractivity contribution is 5.94. The van der Waals surface area contributed by atoms with Crippen molar-refractivity contribution >= 4 is 5.91 Å². The molecule has 2 aromatic rings. The number of carbonyl (C=O) groups excluding carboxylic acids is 1. The molecule has 0 radical (unpaired) electrons. The maximum absolute atomic E-state index is 13.0. The van der Waals surface area contributed by atoms with Crippen LogP contribution in [0.25, 0.3) is 0 Å². The molecule has 0 unspecified atom stereocenters. The number of aryl methyl sites for hydroxylation is 1. The number of pyridine rings is 1. The molecule has 0 atom stereocenters. The number of nitrogens with one attached hydrogen (secondary N) is 1. The second-order valence-electron chi connectivity index (χ2n) is 6.96. The maximum Gasteiger partial charge on any atom is 0.263 e. The zero-order valence-electron chi connectivity index (χ0n) is 15.0. The first-order valence-corrected chi connectivity index (χ1v) is 9.13. The van der Waals surface area contributed by atoms with E-state index < -0.39 is 0 Å². The van der Waals surface area contributed by atoms with E-state index in [1.165, 1.54) is 6.42 Å². The number of hydrogen-bond donors (Lipinski definition) is 1. The van der Waals surface area contributed by atoms with E-state index in [2.05, 4.69) is 5.32 Å². The van der Waals surface area contributed by atoms with Crippen LogP contribution in [0, 0.1) is 13.8 Å². The molecule has 1 aromatic heterocycles. The molecule has 132 valence electrons. The summed E-state index contributed by atoms with van der Waals surface area (Å²) in [7, 11) is 0. The van der Waals surface area contributed by atoms with Crippen molar-refractivity contribution in [3.63, 3.8) is 0 Å². The van der Waals surface area contributed by atoms with Gasteiger partial charge in [-0.15, -0.1) is 0 Å². The van der Waals surface area contributed by atoms with Crippen LogP contribution in [0.4, 0.5) is 0 Å². The molecular formula is C21H26N2O2. The average molecular weight is 338 g/mol. The van der Waals surface area contributed by atoms with Crippen molar-refractivity contribution < 1.29 is 4.79 Å². The third kappa shape index (κ3) is 3.84. The molecule has 1 N–H and O–H groups in total. The lowest BCUT2D eigenvalue weighted by molar-refractivity contribution is 0.0948. The number of aromatic nitrogens is 1. The second kappa shape index (κ2) is 7.68. The van der Waals surface area contributed by atoms with Gasteiger partial charge >= 0.3 is 0 Å². The van der Waals surface area contributed by atoms with Gasteiger partial charge in [-0.3, -0.25) is 9.59 Å². The Bertz CT molecular complexity index is 803. The average Bonchev–Trinajstić information content (AvgIpc) is 2.64. The Morgan fingerprint density at radius 2 is 1.80 bits per heavy atom. The molecule has 1 fully saturated rings. The van der Waals surface area contributed by atoms with Crippen molar-refractivity contribution in [2.45, 2.75) is 58.5 Å². The maximum atomic E-state index is 13.0. The SMILES string of the molecule is Cc1cc(C(=O)NCc2ccccc2)c(=O)n(C2CCCCC2)c1C. The molecule has 1 aliphatic carbocycles. The summed E-state index contributed by atoms with van der Waals surface area (Å²) in [5.41, 5.74) is 3.10. The van der Waals surface area contributed by atoms with Crippen LogP contribution < -0.4 is 10.9 Å². The van der Waals surface area contributed by atoms with Gasteiger partial charge in [0.15, 0.2) is 0 Å². The zero-order valence-corrected chi connectivity index (χ0v) is 15.0. The highest BCUT2D eigenvalue weighted by atomic mass is 16.2. The summed E-state index contributed by atoms with van der Waals surface area (Å²) >= 11 is 0. The Morgan fingerprint density at radius 1 is 1.12 bits per heavy atom. The summed E-state index contributed by atoms with van der Waals surface area (Å²) < 4.78 is 1.87. The second-order valence-corrected chi connectivity index (χ2v) is 6.96. The number of nitrogens with zero attached hydrogens (tertiary/aromatic N) is 1. The quantitative estimate of drug-likeness (QED) is 0.919. The van der Waals surface area contributed by atoms with Crippen LogP contribution in [0.3, 0.4) is 0 Å². The van der Waals surface area contributed by atoms with Gasteiger partial charge < -0.3 is 9.88 Å². The van der Waals surface area contributed by atoms with Gasteiger partial charge in [0.25, 0.3) is 11.5 Å². The molecule has 0 spiro atoms. The van der Waals surface area contributed by atoms with Gasteiger partial charge in [0, 0.05) is 18.3 Å². The molecule has 1 aliphatic rings. The fourth-order valence-corrected chi connectivity index (χ4v) is 3.67. The van der Waals surface area contributed by atoms with Gasteiger partial charge in [-0.2, -0.15) is 0 Å². The molecule has 1 saturated carbocycles. The summed E-state index contributed by atoms with van der Waals surface area (Å²) in [4.78, 5) is 25.6. The van der Waals surface area contributed by atoms with E-state index in [9.17, 15) is 9.59 Å². The molecule has 1 amide bonds. The van der Waals surface area contributed by atoms with E-state index in [1.54, 1.807) is 6.07 Å². The summed E-state index contributed by atoms with van der Waals surface area (Å²) in [6.07, 6.45) is 5.59. The van der Waals surface area contributed by atoms with E-state index in [1.807, 2.05) is 48.7 Å². The van der Waals surface area contributed by atoms with Crippen LogP contribution >= 0.6 is 0 Å². The minimum Gasteiger partial charge on any atom is -0.348 e. The van der Waals surface area contributed by atoms with Gasteiger partial charge in [0.1, 0.15) is 5.56 Å². The van der Waals surface area contributed by atoms with Crippen molar-refractivity contribution in [1.29, 1.82) is 0 Å². The van der Waals surface area contributed by atoms with Crippen LogP contribution in [0.1, 0.15) is 65.3 Å². The highest BCUT2D eigenvalue weighted by Gasteiger charge is 2.22. The summed E-state index contributed by atoms with van der Waals surface area (Å²) in [5.74, 6) is -0.290. The van der Waals surface area contributed by atoms with Crippen LogP contribution in [0.5, 0.6) is 0 Å². The van der Waals surface area contributed by atoms with Crippen LogP contribution in [-0.2, 0) is 6.54 Å². The molecule has 4 nitrogen and oxygen atoms in total. The molecule has 1 heterocycles. The number of hydrogen-bond acceptors (Lipinski definition) is 2. The van der Waals surface area contributed by atoms with Crippen molar-refractivity contribution in [3.8, 4) is 0 Å². The fraction of sp³-hybridized carbons (Fsp3) is 0.429. The summed E-state index contributed by atoms with van der Waals surface area (Å²) in [5, 5.41) is 2.88. The number of rotatable bonds is 4. The van der Waals surface area contributed by atoms with E-state index in [4.69, 9.17) is 0 Å². The van der Waals surface area contributed by atoms with Crippen LogP contribution in [0.15, 0.2) is 41.2 Å². The molecular weight excluding hydrogens is 312 g/mol. The highest BCUT2D eigenvalue weighted by Crippen LogP contribution is 2.28. The van der Waals surface area contributed by atoms with Gasteiger partial charge in [0.2, 0.25) is 0 Å². The molecule has 25 heavy (non-hydrogen) atoms. The van der Waals surface area contributed by atoms with Gasteiger partial charge in [-0.1, -0.05) is 49.6 Å². The molecule has 1 aromatic carbocycles. The molecule has 0 saturated heterocycles. The number of carbonyl (C=O) groups is 1. The molecule has 0 bridgehead atoms. The molecule has 4 heteroatoms. The third-order valence-corrected chi connectivity index (χ3v) is 5.22. The Labute approximate surface area is 148 Å². The largest absolute Gasteiger partial charge is 0.348 e. The van der Waals surface area contributed by atoms with Gasteiger partial charge in [-0.25, -0.2) is 0 Å². The van der Waals surface area contributed by atoms with Gasteiger partial charge in [-0.05, 0) is 43.9 Å². The van der Waals surface area contributed by atoms with Crippen LogP contribution in [0.2, 0.25) is 0 Å². The lowest BCUT2D eigenvalue weighted by Crippen LogP contribution is -2.36. The first-order valence-electron chi connectivity index (χ1n) is 9.13. The topological polar surface area (TPSA) is 51.1 Å². The third-order valence-electron chi connectivity index (χ3n) is 5.22. The summed E-state index contributed by atoms with van der Waals surface area (Å²) in [6.45, 7) is 4.38. The zero-order chi connectivity index (χ0) is 17.8. The van der Waals surface area contributed by atoms with Crippen molar-refractivity contribution in [2.75, 3.05) is 0 Å². The first-order chi connectivity index (χ1) is 12.1. The fourth-order valence-electron chi connectivity index (χ4n) is 3.67. The Morgan fingerprint density at radius 3 is 2.48 bits per heavy atom. The predicted molar refractivity (Wildman–Crippen MR) is 99.9 cm³/mol. The minimum atomic E-state index is -0.290. The van der Waals surface area contributed by atoms with E-state index >= 15 is 0 Å². The lowest BCUT2D eigenvalue weighted by atomic mass is 9.94. The monoisotopic (exact) mass is 338 g/mol. The molecule has 0 aliphatic heterocycles. The first kappa shape index (κ1) is 17.5. The minimum absolute atomic E-state index is 0.152. The van der Waals surface area contributed by atoms with Crippen molar-refractivity contribution in [1.82, 2.24) is 9.88 Å². The number of benzene rings is 1. The molecule has 3 rings (SSSR count). The Balaban J connectivity index is 1.87. The Kier molecular flexibility index (Phi) is 5.37. The predicted octanol–water partition coefficient (Wildman–Crippen LogP) is 3.90. The standard InChI is InChI=1S/C21H26N2O2/c1-15-13-19(20(24)22-14-17-9-5-3-6-10-17)21(25)23(16(15)2)18-11-7-4-8-12-18/h3,5-6,9-10,13,18H,4,7-8,11-12,14H2,1-2H3,(H,22,24). The van der Waals surface area contributed by atoms with E-state index in [0.717, 1.165) is 42.5 Å². The normalized spacial score (nSPS) is 15.1. The lowest BCUT2D eigenvalue weighted by Gasteiger charge is -2.27. The Hall–Kier alpha value is -2.36. The van der Waals surface area contributed by atoms with Crippen molar-refractivity contribution in [3.05, 3.63) is 69.1 Å². The van der Waals surface area contributed by atoms with Crippen LogP contribution in [-0.4, -0.2) is 10.5 Å². The smallest absolute Gasteiger partial charge is 0.263 e. The van der Waals surface area contributed by atoms with Crippen molar-refractivity contribution in [2.24, 2.45) is 0 Å². The van der Waals surface area contributed by atoms with E-state index in [0.29, 0.717) is 6.54 Å².